The highest BCUT2D eigenvalue weighted by Gasteiger charge is 2.59. The van der Waals surface area contributed by atoms with Crippen LogP contribution in [0.3, 0.4) is 0 Å². The van der Waals surface area contributed by atoms with Crippen LogP contribution in [0.15, 0.2) is 60.7 Å². The van der Waals surface area contributed by atoms with E-state index in [0.29, 0.717) is 5.92 Å². The van der Waals surface area contributed by atoms with Gasteiger partial charge < -0.3 is 4.43 Å². The van der Waals surface area contributed by atoms with Gasteiger partial charge in [-0.3, -0.25) is 0 Å². The van der Waals surface area contributed by atoms with Crippen molar-refractivity contribution in [2.24, 2.45) is 0 Å². The van der Waals surface area contributed by atoms with Crippen molar-refractivity contribution >= 4 is 29.7 Å². The lowest BCUT2D eigenvalue weighted by molar-refractivity contribution is 0.165. The van der Waals surface area contributed by atoms with Crippen LogP contribution >= 0.6 is 11.3 Å². The van der Waals surface area contributed by atoms with Gasteiger partial charge in [0.1, 0.15) is 0 Å². The molecule has 2 atom stereocenters. The second-order valence-electron chi connectivity index (χ2n) is 7.41. The second kappa shape index (κ2) is 5.30. The van der Waals surface area contributed by atoms with Gasteiger partial charge in [-0.2, -0.15) is 0 Å². The first kappa shape index (κ1) is 15.1. The summed E-state index contributed by atoms with van der Waals surface area (Å²) in [6.45, 7) is 6.87. The molecule has 3 aromatic rings. The SMILES string of the molecule is C[Si](C)(C)OC1(c2ccccc2)CC1c1cc2ccccc2s1. The Morgan fingerprint density at radius 2 is 1.70 bits per heavy atom. The van der Waals surface area contributed by atoms with Crippen molar-refractivity contribution in [2.75, 3.05) is 0 Å². The quantitative estimate of drug-likeness (QED) is 0.519. The fraction of sp³-hybridized carbons (Fsp3) is 0.300. The Balaban J connectivity index is 1.74. The molecule has 0 aliphatic heterocycles. The van der Waals surface area contributed by atoms with E-state index in [1.807, 2.05) is 11.3 Å². The summed E-state index contributed by atoms with van der Waals surface area (Å²) in [6, 6.07) is 21.8. The topological polar surface area (TPSA) is 9.23 Å². The number of fused-ring (bicyclic) bond motifs is 1. The Bertz CT molecular complexity index is 800. The zero-order valence-corrected chi connectivity index (χ0v) is 15.7. The molecule has 1 fully saturated rings. The Morgan fingerprint density at radius 3 is 2.39 bits per heavy atom. The van der Waals surface area contributed by atoms with E-state index in [1.54, 1.807) is 0 Å². The van der Waals surface area contributed by atoms with Crippen molar-refractivity contribution in [1.82, 2.24) is 0 Å². The van der Waals surface area contributed by atoms with E-state index in [-0.39, 0.29) is 5.60 Å². The van der Waals surface area contributed by atoms with E-state index in [4.69, 9.17) is 4.43 Å². The molecule has 4 rings (SSSR count). The summed E-state index contributed by atoms with van der Waals surface area (Å²) in [5, 5.41) is 1.36. The molecule has 0 radical (unpaired) electrons. The van der Waals surface area contributed by atoms with Gasteiger partial charge in [-0.05, 0) is 49.1 Å². The van der Waals surface area contributed by atoms with E-state index in [9.17, 15) is 0 Å². The smallest absolute Gasteiger partial charge is 0.185 e. The van der Waals surface area contributed by atoms with Crippen LogP contribution < -0.4 is 0 Å². The molecule has 118 valence electrons. The van der Waals surface area contributed by atoms with Crippen molar-refractivity contribution in [3.8, 4) is 0 Å². The molecule has 2 unspecified atom stereocenters. The molecule has 2 aromatic carbocycles. The van der Waals surface area contributed by atoms with Crippen LogP contribution in [0, 0.1) is 0 Å². The fourth-order valence-corrected chi connectivity index (χ4v) is 6.19. The van der Waals surface area contributed by atoms with Gasteiger partial charge >= 0.3 is 0 Å². The molecule has 0 spiro atoms. The third kappa shape index (κ3) is 2.78. The van der Waals surface area contributed by atoms with E-state index in [1.165, 1.54) is 20.5 Å². The molecule has 1 nitrogen and oxygen atoms in total. The van der Waals surface area contributed by atoms with E-state index in [0.717, 1.165) is 6.42 Å². The molecule has 0 N–H and O–H groups in total. The molecule has 1 heterocycles. The van der Waals surface area contributed by atoms with Crippen LogP contribution in [0.1, 0.15) is 22.8 Å². The molecule has 1 aliphatic rings. The molecule has 0 amide bonds. The van der Waals surface area contributed by atoms with Gasteiger partial charge in [0.25, 0.3) is 0 Å². The van der Waals surface area contributed by atoms with Crippen molar-refractivity contribution < 1.29 is 4.43 Å². The van der Waals surface area contributed by atoms with E-state index in [2.05, 4.69) is 80.3 Å². The van der Waals surface area contributed by atoms with Crippen molar-refractivity contribution in [1.29, 1.82) is 0 Å². The van der Waals surface area contributed by atoms with Gasteiger partial charge in [0.2, 0.25) is 0 Å². The monoisotopic (exact) mass is 338 g/mol. The molecular weight excluding hydrogens is 316 g/mol. The normalized spacial score (nSPS) is 24.0. The van der Waals surface area contributed by atoms with Gasteiger partial charge in [-0.1, -0.05) is 48.5 Å². The number of rotatable bonds is 4. The largest absolute Gasteiger partial charge is 0.407 e. The molecular formula is C20H22OSSi. The summed E-state index contributed by atoms with van der Waals surface area (Å²) in [5.41, 5.74) is 1.23. The maximum atomic E-state index is 6.73. The first-order chi connectivity index (χ1) is 11.0. The van der Waals surface area contributed by atoms with Crippen LogP contribution in [0.4, 0.5) is 0 Å². The van der Waals surface area contributed by atoms with Crippen LogP contribution in [0.5, 0.6) is 0 Å². The van der Waals surface area contributed by atoms with E-state index < -0.39 is 8.32 Å². The van der Waals surface area contributed by atoms with Gasteiger partial charge in [-0.15, -0.1) is 11.3 Å². The number of thiophene rings is 1. The summed E-state index contributed by atoms with van der Waals surface area (Å²) >= 11 is 1.93. The molecule has 0 bridgehead atoms. The highest BCUT2D eigenvalue weighted by molar-refractivity contribution is 7.19. The summed E-state index contributed by atoms with van der Waals surface area (Å²) in [4.78, 5) is 1.47. The van der Waals surface area contributed by atoms with Gasteiger partial charge in [0.15, 0.2) is 8.32 Å². The predicted octanol–water partition coefficient (Wildman–Crippen LogP) is 6.14. The third-order valence-electron chi connectivity index (χ3n) is 4.45. The van der Waals surface area contributed by atoms with Crippen LogP contribution in [-0.2, 0) is 10.0 Å². The first-order valence-corrected chi connectivity index (χ1v) is 12.4. The zero-order valence-electron chi connectivity index (χ0n) is 13.9. The lowest BCUT2D eigenvalue weighted by Gasteiger charge is -2.28. The molecule has 1 aromatic heterocycles. The van der Waals surface area contributed by atoms with Crippen LogP contribution in [0.25, 0.3) is 10.1 Å². The molecule has 3 heteroatoms. The van der Waals surface area contributed by atoms with Gasteiger partial charge in [0, 0.05) is 15.5 Å². The van der Waals surface area contributed by atoms with Crippen molar-refractivity contribution in [2.45, 2.75) is 37.6 Å². The Kier molecular flexibility index (Phi) is 3.48. The summed E-state index contributed by atoms with van der Waals surface area (Å²) in [5.74, 6) is 0.494. The number of hydrogen-bond donors (Lipinski definition) is 0. The maximum Gasteiger partial charge on any atom is 0.185 e. The van der Waals surface area contributed by atoms with Crippen LogP contribution in [0.2, 0.25) is 19.6 Å². The minimum absolute atomic E-state index is 0.105. The zero-order chi connectivity index (χ0) is 16.1. The van der Waals surface area contributed by atoms with Gasteiger partial charge in [0.05, 0.1) is 5.60 Å². The average molecular weight is 339 g/mol. The van der Waals surface area contributed by atoms with Crippen molar-refractivity contribution in [3.63, 3.8) is 0 Å². The lowest BCUT2D eigenvalue weighted by Crippen LogP contribution is -2.33. The summed E-state index contributed by atoms with van der Waals surface area (Å²) in [7, 11) is -1.62. The highest BCUT2D eigenvalue weighted by atomic mass is 32.1. The molecule has 23 heavy (non-hydrogen) atoms. The lowest BCUT2D eigenvalue weighted by atomic mass is 10.1. The predicted molar refractivity (Wildman–Crippen MR) is 102 cm³/mol. The number of hydrogen-bond acceptors (Lipinski definition) is 2. The third-order valence-corrected chi connectivity index (χ3v) is 6.66. The van der Waals surface area contributed by atoms with Crippen LogP contribution in [-0.4, -0.2) is 8.32 Å². The molecule has 1 saturated carbocycles. The second-order valence-corrected chi connectivity index (χ2v) is 13.0. The van der Waals surface area contributed by atoms with Crippen molar-refractivity contribution in [3.05, 3.63) is 71.1 Å². The Morgan fingerprint density at radius 1 is 1.00 bits per heavy atom. The Labute approximate surface area is 143 Å². The maximum absolute atomic E-state index is 6.73. The van der Waals surface area contributed by atoms with E-state index >= 15 is 0 Å². The fourth-order valence-electron chi connectivity index (χ4n) is 3.51. The molecule has 0 saturated heterocycles. The average Bonchev–Trinajstić information content (AvgIpc) is 3.06. The standard InChI is InChI=1S/C20H22OSSi/c1-23(2,3)21-20(16-10-5-4-6-11-16)14-17(20)19-13-15-9-7-8-12-18(15)22-19/h4-13,17H,14H2,1-3H3. The summed E-state index contributed by atoms with van der Waals surface area (Å²) < 4.78 is 8.11. The molecule has 1 aliphatic carbocycles. The summed E-state index contributed by atoms with van der Waals surface area (Å²) in [6.07, 6.45) is 1.11. The minimum Gasteiger partial charge on any atom is -0.407 e. The number of benzene rings is 2. The minimum atomic E-state index is -1.62. The first-order valence-electron chi connectivity index (χ1n) is 8.22. The van der Waals surface area contributed by atoms with Gasteiger partial charge in [-0.25, -0.2) is 0 Å². The highest BCUT2D eigenvalue weighted by Crippen LogP contribution is 2.63. The Hall–Kier alpha value is -1.42.